The van der Waals surface area contributed by atoms with Gasteiger partial charge in [0.15, 0.2) is 5.82 Å². The van der Waals surface area contributed by atoms with E-state index < -0.39 is 0 Å². The SMILES string of the molecule is C=Nc1c(C(N)=NC)c(OCCO)nn1C1CC1. The van der Waals surface area contributed by atoms with Gasteiger partial charge in [-0.2, -0.15) is 0 Å². The second-order valence-corrected chi connectivity index (χ2v) is 4.02. The topological polar surface area (TPSA) is 98.0 Å². The van der Waals surface area contributed by atoms with Crippen LogP contribution in [0.3, 0.4) is 0 Å². The van der Waals surface area contributed by atoms with E-state index >= 15 is 0 Å². The van der Waals surface area contributed by atoms with Gasteiger partial charge in [0.2, 0.25) is 5.88 Å². The first kappa shape index (κ1) is 12.6. The highest BCUT2D eigenvalue weighted by Gasteiger charge is 2.31. The zero-order valence-corrected chi connectivity index (χ0v) is 10.3. The Labute approximate surface area is 105 Å². The van der Waals surface area contributed by atoms with E-state index in [1.54, 1.807) is 11.7 Å². The van der Waals surface area contributed by atoms with Crippen LogP contribution in [0.2, 0.25) is 0 Å². The van der Waals surface area contributed by atoms with Crippen LogP contribution < -0.4 is 10.5 Å². The Bertz CT molecular complexity index is 476. The van der Waals surface area contributed by atoms with E-state index in [4.69, 9.17) is 15.6 Å². The first-order chi connectivity index (χ1) is 8.72. The molecule has 0 bridgehead atoms. The van der Waals surface area contributed by atoms with Crippen molar-refractivity contribution in [3.63, 3.8) is 0 Å². The van der Waals surface area contributed by atoms with Crippen molar-refractivity contribution in [2.75, 3.05) is 20.3 Å². The third kappa shape index (κ3) is 2.21. The first-order valence-corrected chi connectivity index (χ1v) is 5.78. The number of hydrogen-bond acceptors (Lipinski definition) is 5. The third-order valence-corrected chi connectivity index (χ3v) is 2.72. The second kappa shape index (κ2) is 5.18. The highest BCUT2D eigenvalue weighted by atomic mass is 16.5. The van der Waals surface area contributed by atoms with Crippen LogP contribution in [0.25, 0.3) is 0 Å². The fourth-order valence-electron chi connectivity index (χ4n) is 1.71. The zero-order chi connectivity index (χ0) is 13.1. The number of aromatic nitrogens is 2. The highest BCUT2D eigenvalue weighted by molar-refractivity contribution is 6.03. The maximum Gasteiger partial charge on any atom is 0.246 e. The molecule has 0 saturated heterocycles. The minimum atomic E-state index is -0.0875. The number of aliphatic hydroxyl groups is 1. The quantitative estimate of drug-likeness (QED) is 0.559. The molecule has 0 atom stereocenters. The molecule has 1 saturated carbocycles. The first-order valence-electron chi connectivity index (χ1n) is 5.78. The van der Waals surface area contributed by atoms with E-state index in [9.17, 15) is 0 Å². The summed E-state index contributed by atoms with van der Waals surface area (Å²) in [6.45, 7) is 3.61. The van der Waals surface area contributed by atoms with Gasteiger partial charge in [0.1, 0.15) is 18.0 Å². The molecule has 1 fully saturated rings. The molecule has 0 spiro atoms. The number of rotatable bonds is 6. The lowest BCUT2D eigenvalue weighted by molar-refractivity contribution is 0.195. The molecule has 1 aliphatic rings. The average Bonchev–Trinajstić information content (AvgIpc) is 3.16. The second-order valence-electron chi connectivity index (χ2n) is 4.02. The Morgan fingerprint density at radius 1 is 1.67 bits per heavy atom. The van der Waals surface area contributed by atoms with Gasteiger partial charge >= 0.3 is 0 Å². The van der Waals surface area contributed by atoms with Gasteiger partial charge in [0.05, 0.1) is 12.6 Å². The molecule has 2 rings (SSSR count). The van der Waals surface area contributed by atoms with Crippen molar-refractivity contribution in [2.24, 2.45) is 15.7 Å². The summed E-state index contributed by atoms with van der Waals surface area (Å²) in [6.07, 6.45) is 2.12. The monoisotopic (exact) mass is 251 g/mol. The molecule has 98 valence electrons. The summed E-state index contributed by atoms with van der Waals surface area (Å²) in [5.41, 5.74) is 6.39. The van der Waals surface area contributed by atoms with Crippen molar-refractivity contribution in [1.82, 2.24) is 9.78 Å². The summed E-state index contributed by atoms with van der Waals surface area (Å²) in [6, 6.07) is 0.334. The maximum atomic E-state index is 8.81. The van der Waals surface area contributed by atoms with Crippen LogP contribution in [0.15, 0.2) is 9.98 Å². The Balaban J connectivity index is 2.45. The lowest BCUT2D eigenvalue weighted by Gasteiger charge is -2.03. The van der Waals surface area contributed by atoms with Gasteiger partial charge < -0.3 is 15.6 Å². The number of nitrogens with two attached hydrogens (primary N) is 1. The Hall–Kier alpha value is -1.89. The molecular formula is C11H17N5O2. The van der Waals surface area contributed by atoms with Crippen LogP contribution in [0.1, 0.15) is 24.4 Å². The van der Waals surface area contributed by atoms with E-state index in [1.165, 1.54) is 0 Å². The minimum Gasteiger partial charge on any atom is -0.474 e. The molecule has 0 aromatic carbocycles. The van der Waals surface area contributed by atoms with E-state index in [1.807, 2.05) is 0 Å². The number of hydrogen-bond donors (Lipinski definition) is 2. The fraction of sp³-hybridized carbons (Fsp3) is 0.545. The molecule has 0 aliphatic heterocycles. The molecule has 18 heavy (non-hydrogen) atoms. The largest absolute Gasteiger partial charge is 0.474 e. The summed E-state index contributed by atoms with van der Waals surface area (Å²) >= 11 is 0. The Morgan fingerprint density at radius 3 is 2.89 bits per heavy atom. The van der Waals surface area contributed by atoms with Crippen LogP contribution in [-0.2, 0) is 0 Å². The molecule has 3 N–H and O–H groups in total. The molecule has 1 aromatic heterocycles. The predicted octanol–water partition coefficient (Wildman–Crippen LogP) is 0.256. The van der Waals surface area contributed by atoms with Gasteiger partial charge in [-0.1, -0.05) is 0 Å². The molecule has 0 amide bonds. The number of aliphatic imine (C=N–C) groups is 2. The Kier molecular flexibility index (Phi) is 3.61. The smallest absolute Gasteiger partial charge is 0.246 e. The molecule has 1 aliphatic carbocycles. The number of amidine groups is 1. The van der Waals surface area contributed by atoms with Gasteiger partial charge in [-0.25, -0.2) is 9.67 Å². The molecule has 7 nitrogen and oxygen atoms in total. The van der Waals surface area contributed by atoms with Gasteiger partial charge in [0.25, 0.3) is 0 Å². The summed E-state index contributed by atoms with van der Waals surface area (Å²) in [4.78, 5) is 7.92. The minimum absolute atomic E-state index is 0.0875. The van der Waals surface area contributed by atoms with Gasteiger partial charge in [-0.15, -0.1) is 5.10 Å². The van der Waals surface area contributed by atoms with Crippen molar-refractivity contribution >= 4 is 18.4 Å². The predicted molar refractivity (Wildman–Crippen MR) is 68.9 cm³/mol. The maximum absolute atomic E-state index is 8.81. The van der Waals surface area contributed by atoms with Gasteiger partial charge in [-0.05, 0) is 19.6 Å². The molecule has 7 heteroatoms. The van der Waals surface area contributed by atoms with E-state index in [2.05, 4.69) is 21.8 Å². The van der Waals surface area contributed by atoms with E-state index in [-0.39, 0.29) is 13.2 Å². The lowest BCUT2D eigenvalue weighted by atomic mass is 10.3. The summed E-state index contributed by atoms with van der Waals surface area (Å²) in [7, 11) is 1.59. The molecule has 0 radical (unpaired) electrons. The van der Waals surface area contributed by atoms with Crippen LogP contribution >= 0.6 is 0 Å². The fourth-order valence-corrected chi connectivity index (χ4v) is 1.71. The average molecular weight is 251 g/mol. The lowest BCUT2D eigenvalue weighted by Crippen LogP contribution is -2.15. The van der Waals surface area contributed by atoms with Crippen molar-refractivity contribution in [3.8, 4) is 5.88 Å². The third-order valence-electron chi connectivity index (χ3n) is 2.72. The molecule has 1 aromatic rings. The summed E-state index contributed by atoms with van der Waals surface area (Å²) in [5.74, 6) is 1.23. The van der Waals surface area contributed by atoms with Crippen LogP contribution in [0.4, 0.5) is 5.82 Å². The molecule has 0 unspecified atom stereocenters. The molecular weight excluding hydrogens is 234 g/mol. The zero-order valence-electron chi connectivity index (χ0n) is 10.3. The van der Waals surface area contributed by atoms with Gasteiger partial charge in [0, 0.05) is 7.05 Å². The number of aliphatic hydroxyl groups excluding tert-OH is 1. The molecule has 1 heterocycles. The van der Waals surface area contributed by atoms with Crippen molar-refractivity contribution < 1.29 is 9.84 Å². The number of ether oxygens (including phenoxy) is 1. The number of nitrogens with zero attached hydrogens (tertiary/aromatic N) is 4. The Morgan fingerprint density at radius 2 is 2.39 bits per heavy atom. The summed E-state index contributed by atoms with van der Waals surface area (Å²) < 4.78 is 7.15. The highest BCUT2D eigenvalue weighted by Crippen LogP contribution is 2.41. The van der Waals surface area contributed by atoms with Crippen LogP contribution in [0.5, 0.6) is 5.88 Å². The summed E-state index contributed by atoms with van der Waals surface area (Å²) in [5, 5.41) is 13.2. The van der Waals surface area contributed by atoms with Gasteiger partial charge in [-0.3, -0.25) is 4.99 Å². The van der Waals surface area contributed by atoms with E-state index in [0.717, 1.165) is 12.8 Å². The van der Waals surface area contributed by atoms with Crippen molar-refractivity contribution in [3.05, 3.63) is 5.56 Å². The van der Waals surface area contributed by atoms with Crippen LogP contribution in [-0.4, -0.2) is 47.7 Å². The van der Waals surface area contributed by atoms with Crippen LogP contribution in [0, 0.1) is 0 Å². The van der Waals surface area contributed by atoms with Crippen molar-refractivity contribution in [1.29, 1.82) is 0 Å². The van der Waals surface area contributed by atoms with E-state index in [0.29, 0.717) is 29.1 Å². The van der Waals surface area contributed by atoms with Crippen molar-refractivity contribution in [2.45, 2.75) is 18.9 Å². The standard InChI is InChI=1S/C11H17N5O2/c1-13-9(12)8-10(14-2)16(7-3-4-7)15-11(8)18-6-5-17/h7,17H,2-6H2,1H3,(H2,12,13). The normalized spacial score (nSPS) is 15.8.